The summed E-state index contributed by atoms with van der Waals surface area (Å²) >= 11 is 6.09. The van der Waals surface area contributed by atoms with Crippen molar-refractivity contribution in [2.45, 2.75) is 24.5 Å². The molecule has 1 amide bonds. The summed E-state index contributed by atoms with van der Waals surface area (Å²) in [6, 6.07) is 6.36. The molecule has 0 aliphatic rings. The van der Waals surface area contributed by atoms with Gasteiger partial charge in [0.25, 0.3) is 0 Å². The molecule has 2 rings (SSSR count). The third kappa shape index (κ3) is 7.08. The molecule has 13 heteroatoms. The molecule has 0 aliphatic carbocycles. The average molecular weight is 517 g/mol. The van der Waals surface area contributed by atoms with E-state index in [1.54, 1.807) is 0 Å². The molecule has 0 saturated carbocycles. The van der Waals surface area contributed by atoms with Gasteiger partial charge in [0.1, 0.15) is 5.75 Å². The Bertz CT molecular complexity index is 1030. The van der Waals surface area contributed by atoms with E-state index in [-0.39, 0.29) is 29.1 Å². The molecule has 0 unspecified atom stereocenters. The standard InChI is InChI=1S/C20H19ClF6N2O3S/c1-33(32)10-17(30)28-9-12-5-6-15(8-16(12)21)29-11-18(31,20(25,26)27)13-3-2-4-14(7-13)19(22,23)24/h2-8,29,31H,9-11H2,1H3,(H,28,30)/t18-,33+/m1/s1. The Morgan fingerprint density at radius 2 is 1.70 bits per heavy atom. The molecule has 33 heavy (non-hydrogen) atoms. The number of amides is 1. The zero-order valence-corrected chi connectivity index (χ0v) is 18.6. The molecule has 0 saturated heterocycles. The van der Waals surface area contributed by atoms with Crippen LogP contribution >= 0.6 is 11.6 Å². The molecule has 0 fully saturated rings. The summed E-state index contributed by atoms with van der Waals surface area (Å²) < 4.78 is 90.8. The fraction of sp³-hybridized carbons (Fsp3) is 0.350. The largest absolute Gasteiger partial charge is 0.423 e. The molecule has 0 spiro atoms. The van der Waals surface area contributed by atoms with Gasteiger partial charge >= 0.3 is 12.4 Å². The molecule has 0 radical (unpaired) electrons. The summed E-state index contributed by atoms with van der Waals surface area (Å²) in [6.45, 7) is -1.21. The minimum absolute atomic E-state index is 0.0220. The smallest absolute Gasteiger partial charge is 0.381 e. The molecular formula is C20H19ClF6N2O3S. The van der Waals surface area contributed by atoms with E-state index in [9.17, 15) is 40.5 Å². The van der Waals surface area contributed by atoms with E-state index >= 15 is 0 Å². The van der Waals surface area contributed by atoms with Crippen LogP contribution in [0.3, 0.4) is 0 Å². The van der Waals surface area contributed by atoms with E-state index in [2.05, 4.69) is 10.6 Å². The van der Waals surface area contributed by atoms with Crippen LogP contribution in [0.1, 0.15) is 16.7 Å². The van der Waals surface area contributed by atoms with E-state index in [0.29, 0.717) is 11.6 Å². The number of halogens is 7. The van der Waals surface area contributed by atoms with Crippen LogP contribution in [0.2, 0.25) is 5.02 Å². The summed E-state index contributed by atoms with van der Waals surface area (Å²) in [5.74, 6) is -0.687. The quantitative estimate of drug-likeness (QED) is 0.459. The first-order valence-corrected chi connectivity index (χ1v) is 11.3. The number of carbonyl (C=O) groups is 1. The molecule has 2 aromatic carbocycles. The predicted molar refractivity (Wildman–Crippen MR) is 112 cm³/mol. The number of hydrogen-bond acceptors (Lipinski definition) is 4. The Labute approximate surface area is 192 Å². The number of benzene rings is 2. The zero-order valence-electron chi connectivity index (χ0n) is 17.0. The summed E-state index contributed by atoms with van der Waals surface area (Å²) in [4.78, 5) is 11.6. The highest BCUT2D eigenvalue weighted by Crippen LogP contribution is 2.41. The fourth-order valence-corrected chi connectivity index (χ4v) is 3.50. The summed E-state index contributed by atoms with van der Waals surface area (Å²) in [7, 11) is -1.34. The SMILES string of the molecule is C[S@](=O)CC(=O)NCc1ccc(NC[C@@](O)(c2cccc(C(F)(F)F)c2)C(F)(F)F)cc1Cl. The van der Waals surface area contributed by atoms with E-state index in [0.717, 1.165) is 12.1 Å². The van der Waals surface area contributed by atoms with Crippen LogP contribution in [-0.2, 0) is 33.9 Å². The van der Waals surface area contributed by atoms with Gasteiger partial charge in [0.2, 0.25) is 11.5 Å². The number of hydrogen-bond donors (Lipinski definition) is 3. The summed E-state index contributed by atoms with van der Waals surface area (Å²) in [6.07, 6.45) is -8.83. The van der Waals surface area contributed by atoms with Crippen LogP contribution in [0.4, 0.5) is 32.0 Å². The van der Waals surface area contributed by atoms with Crippen molar-refractivity contribution in [2.75, 3.05) is 23.9 Å². The van der Waals surface area contributed by atoms with Crippen LogP contribution < -0.4 is 10.6 Å². The van der Waals surface area contributed by atoms with Crippen molar-refractivity contribution in [1.29, 1.82) is 0 Å². The highest BCUT2D eigenvalue weighted by atomic mass is 35.5. The van der Waals surface area contributed by atoms with Gasteiger partial charge in [0, 0.05) is 34.3 Å². The second kappa shape index (κ2) is 10.3. The van der Waals surface area contributed by atoms with Gasteiger partial charge in [0.05, 0.1) is 12.1 Å². The van der Waals surface area contributed by atoms with Gasteiger partial charge in [0.15, 0.2) is 0 Å². The van der Waals surface area contributed by atoms with Gasteiger partial charge in [-0.1, -0.05) is 29.8 Å². The van der Waals surface area contributed by atoms with E-state index in [1.165, 1.54) is 24.5 Å². The van der Waals surface area contributed by atoms with Gasteiger partial charge in [-0.25, -0.2) is 0 Å². The molecule has 0 bridgehead atoms. The maximum absolute atomic E-state index is 13.7. The molecule has 0 aliphatic heterocycles. The highest BCUT2D eigenvalue weighted by Gasteiger charge is 2.55. The minimum atomic E-state index is -5.29. The van der Waals surface area contributed by atoms with Crippen molar-refractivity contribution in [3.8, 4) is 0 Å². The molecule has 5 nitrogen and oxygen atoms in total. The summed E-state index contributed by atoms with van der Waals surface area (Å²) in [5, 5.41) is 15.3. The minimum Gasteiger partial charge on any atom is -0.381 e. The molecule has 0 heterocycles. The molecule has 2 aromatic rings. The van der Waals surface area contributed by atoms with Crippen LogP contribution in [-0.4, -0.2) is 40.0 Å². The molecule has 3 N–H and O–H groups in total. The van der Waals surface area contributed by atoms with Crippen molar-refractivity contribution in [3.05, 3.63) is 64.2 Å². The Kier molecular flexibility index (Phi) is 8.41. The van der Waals surface area contributed by atoms with Crippen molar-refractivity contribution in [1.82, 2.24) is 5.32 Å². The average Bonchev–Trinajstić information content (AvgIpc) is 2.69. The number of aliphatic hydroxyl groups is 1. The van der Waals surface area contributed by atoms with Gasteiger partial charge in [-0.15, -0.1) is 0 Å². The van der Waals surface area contributed by atoms with E-state index in [1.807, 2.05) is 0 Å². The van der Waals surface area contributed by atoms with Gasteiger partial charge in [-0.05, 0) is 35.4 Å². The number of rotatable bonds is 8. The molecule has 0 aromatic heterocycles. The Morgan fingerprint density at radius 3 is 2.24 bits per heavy atom. The highest BCUT2D eigenvalue weighted by molar-refractivity contribution is 7.85. The lowest BCUT2D eigenvalue weighted by Gasteiger charge is -2.32. The van der Waals surface area contributed by atoms with Crippen LogP contribution in [0.25, 0.3) is 0 Å². The first kappa shape index (κ1) is 26.9. The monoisotopic (exact) mass is 516 g/mol. The van der Waals surface area contributed by atoms with Crippen LogP contribution in [0, 0.1) is 0 Å². The van der Waals surface area contributed by atoms with Gasteiger partial charge in [-0.2, -0.15) is 26.3 Å². The van der Waals surface area contributed by atoms with Crippen LogP contribution in [0.15, 0.2) is 42.5 Å². The summed E-state index contributed by atoms with van der Waals surface area (Å²) in [5.41, 5.74) is -5.45. The maximum atomic E-state index is 13.7. The molecular weight excluding hydrogens is 498 g/mol. The van der Waals surface area contributed by atoms with Gasteiger partial charge in [-0.3, -0.25) is 9.00 Å². The second-order valence-electron chi connectivity index (χ2n) is 7.09. The van der Waals surface area contributed by atoms with Gasteiger partial charge < -0.3 is 15.7 Å². The topological polar surface area (TPSA) is 78.4 Å². The Hall–Kier alpha value is -2.31. The Balaban J connectivity index is 2.20. The first-order valence-electron chi connectivity index (χ1n) is 9.19. The lowest BCUT2D eigenvalue weighted by Crippen LogP contribution is -2.48. The van der Waals surface area contributed by atoms with E-state index in [4.69, 9.17) is 11.6 Å². The number of nitrogens with one attached hydrogen (secondary N) is 2. The third-order valence-electron chi connectivity index (χ3n) is 4.55. The third-order valence-corrected chi connectivity index (χ3v) is 5.57. The first-order chi connectivity index (χ1) is 15.1. The Morgan fingerprint density at radius 1 is 1.06 bits per heavy atom. The zero-order chi connectivity index (χ0) is 25.0. The second-order valence-corrected chi connectivity index (χ2v) is 8.93. The lowest BCUT2D eigenvalue weighted by molar-refractivity contribution is -0.260. The fourth-order valence-electron chi connectivity index (χ4n) is 2.78. The normalized spacial score (nSPS) is 14.9. The van der Waals surface area contributed by atoms with Crippen molar-refractivity contribution in [2.24, 2.45) is 0 Å². The van der Waals surface area contributed by atoms with Crippen molar-refractivity contribution >= 4 is 34.0 Å². The maximum Gasteiger partial charge on any atom is 0.423 e. The predicted octanol–water partition coefficient (Wildman–Crippen LogP) is 4.22. The van der Waals surface area contributed by atoms with Crippen molar-refractivity contribution in [3.63, 3.8) is 0 Å². The molecule has 182 valence electrons. The number of anilines is 1. The molecule has 2 atom stereocenters. The van der Waals surface area contributed by atoms with Crippen molar-refractivity contribution < 1.29 is 40.5 Å². The van der Waals surface area contributed by atoms with E-state index < -0.39 is 52.3 Å². The lowest BCUT2D eigenvalue weighted by atomic mass is 9.91. The number of carbonyl (C=O) groups excluding carboxylic acids is 1. The van der Waals surface area contributed by atoms with Crippen LogP contribution in [0.5, 0.6) is 0 Å². The number of alkyl halides is 6.